The second kappa shape index (κ2) is 6.58. The van der Waals surface area contributed by atoms with E-state index in [9.17, 15) is 9.59 Å². The van der Waals surface area contributed by atoms with Gasteiger partial charge >= 0.3 is 6.03 Å². The van der Waals surface area contributed by atoms with Crippen molar-refractivity contribution in [2.75, 3.05) is 12.4 Å². The number of hydrogen-bond donors (Lipinski definition) is 3. The topological polar surface area (TPSA) is 70.2 Å². The third kappa shape index (κ3) is 4.17. The molecule has 3 amide bonds. The molecule has 1 aromatic carbocycles. The molecule has 0 saturated heterocycles. The molecule has 6 heteroatoms. The summed E-state index contributed by atoms with van der Waals surface area (Å²) < 4.78 is 1.12. The van der Waals surface area contributed by atoms with Crippen LogP contribution in [0.3, 0.4) is 0 Å². The Morgan fingerprint density at radius 2 is 2.00 bits per heavy atom. The average Bonchev–Trinajstić information content (AvgIpc) is 2.33. The molecule has 0 aromatic heterocycles. The summed E-state index contributed by atoms with van der Waals surface area (Å²) in [4.78, 5) is 22.6. The number of halogens is 1. The summed E-state index contributed by atoms with van der Waals surface area (Å²) in [5.41, 5.74) is 2.04. The van der Waals surface area contributed by atoms with E-state index in [4.69, 9.17) is 0 Å². The maximum absolute atomic E-state index is 11.6. The lowest BCUT2D eigenvalue weighted by Crippen LogP contribution is -2.44. The Kier molecular flexibility index (Phi) is 5.39. The number of carbonyl (C=O) groups excluding carboxylic acids is 2. The predicted octanol–water partition coefficient (Wildman–Crippen LogP) is 1.86. The Labute approximate surface area is 120 Å². The van der Waals surface area contributed by atoms with Crippen LogP contribution >= 0.6 is 22.6 Å². The molecule has 0 aliphatic rings. The smallest absolute Gasteiger partial charge is 0.321 e. The molecule has 5 nitrogen and oxygen atoms in total. The van der Waals surface area contributed by atoms with Gasteiger partial charge in [-0.25, -0.2) is 4.79 Å². The molecule has 0 saturated carbocycles. The van der Waals surface area contributed by atoms with Gasteiger partial charge in [-0.1, -0.05) is 6.07 Å². The van der Waals surface area contributed by atoms with Crippen LogP contribution in [0, 0.1) is 10.5 Å². The third-order valence-electron chi connectivity index (χ3n) is 2.41. The fraction of sp³-hybridized carbons (Fsp3) is 0.333. The number of urea groups is 1. The SMILES string of the molecule is CNC(=O)NC(=O)[C@H](C)Nc1ccc(C)c(I)c1. The van der Waals surface area contributed by atoms with Gasteiger partial charge in [-0.05, 0) is 54.1 Å². The van der Waals surface area contributed by atoms with Gasteiger partial charge in [0.15, 0.2) is 0 Å². The Balaban J connectivity index is 2.63. The Morgan fingerprint density at radius 3 is 2.56 bits per heavy atom. The van der Waals surface area contributed by atoms with Crippen molar-refractivity contribution in [2.24, 2.45) is 0 Å². The maximum atomic E-state index is 11.6. The summed E-state index contributed by atoms with van der Waals surface area (Å²) in [6.45, 7) is 3.72. The molecule has 0 spiro atoms. The lowest BCUT2D eigenvalue weighted by atomic mass is 10.2. The van der Waals surface area contributed by atoms with Crippen LogP contribution in [-0.2, 0) is 4.79 Å². The van der Waals surface area contributed by atoms with Crippen molar-refractivity contribution in [3.63, 3.8) is 0 Å². The van der Waals surface area contributed by atoms with E-state index >= 15 is 0 Å². The molecule has 98 valence electrons. The van der Waals surface area contributed by atoms with Crippen LogP contribution in [0.2, 0.25) is 0 Å². The van der Waals surface area contributed by atoms with Gasteiger partial charge in [0.25, 0.3) is 0 Å². The highest BCUT2D eigenvalue weighted by Crippen LogP contribution is 2.17. The van der Waals surface area contributed by atoms with E-state index in [1.807, 2.05) is 25.1 Å². The molecular formula is C12H16IN3O2. The highest BCUT2D eigenvalue weighted by Gasteiger charge is 2.14. The number of anilines is 1. The molecule has 0 fully saturated rings. The van der Waals surface area contributed by atoms with E-state index in [1.165, 1.54) is 12.6 Å². The molecule has 0 bridgehead atoms. The summed E-state index contributed by atoms with van der Waals surface area (Å²) in [6.07, 6.45) is 0. The number of imide groups is 1. The van der Waals surface area contributed by atoms with Crippen LogP contribution in [0.4, 0.5) is 10.5 Å². The number of carbonyl (C=O) groups is 2. The molecular weight excluding hydrogens is 345 g/mol. The second-order valence-electron chi connectivity index (χ2n) is 3.90. The van der Waals surface area contributed by atoms with E-state index in [1.54, 1.807) is 6.92 Å². The number of aryl methyl sites for hydroxylation is 1. The summed E-state index contributed by atoms with van der Waals surface area (Å²) >= 11 is 2.24. The molecule has 1 aromatic rings. The van der Waals surface area contributed by atoms with Crippen LogP contribution in [0.1, 0.15) is 12.5 Å². The normalized spacial score (nSPS) is 11.6. The Morgan fingerprint density at radius 1 is 1.33 bits per heavy atom. The molecule has 0 radical (unpaired) electrons. The third-order valence-corrected chi connectivity index (χ3v) is 3.57. The highest BCUT2D eigenvalue weighted by atomic mass is 127. The number of benzene rings is 1. The van der Waals surface area contributed by atoms with Crippen LogP contribution in [0.5, 0.6) is 0 Å². The first kappa shape index (κ1) is 14.7. The maximum Gasteiger partial charge on any atom is 0.321 e. The van der Waals surface area contributed by atoms with Gasteiger partial charge in [0.2, 0.25) is 5.91 Å². The van der Waals surface area contributed by atoms with Gasteiger partial charge in [0.05, 0.1) is 0 Å². The van der Waals surface area contributed by atoms with Crippen molar-refractivity contribution in [2.45, 2.75) is 19.9 Å². The lowest BCUT2D eigenvalue weighted by Gasteiger charge is -2.15. The molecule has 0 aliphatic heterocycles. The van der Waals surface area contributed by atoms with Crippen LogP contribution in [0.25, 0.3) is 0 Å². The van der Waals surface area contributed by atoms with E-state index in [2.05, 4.69) is 38.5 Å². The molecule has 0 heterocycles. The van der Waals surface area contributed by atoms with Crippen molar-refractivity contribution in [3.8, 4) is 0 Å². The number of hydrogen-bond acceptors (Lipinski definition) is 3. The summed E-state index contributed by atoms with van der Waals surface area (Å²) in [5, 5.41) is 7.60. The Bertz CT molecular complexity index is 463. The van der Waals surface area contributed by atoms with E-state index < -0.39 is 12.1 Å². The number of amides is 3. The van der Waals surface area contributed by atoms with Crippen molar-refractivity contribution in [1.29, 1.82) is 0 Å². The fourth-order valence-electron chi connectivity index (χ4n) is 1.28. The van der Waals surface area contributed by atoms with Crippen molar-refractivity contribution < 1.29 is 9.59 Å². The quantitative estimate of drug-likeness (QED) is 0.720. The van der Waals surface area contributed by atoms with E-state index in [0.717, 1.165) is 9.26 Å². The van der Waals surface area contributed by atoms with E-state index in [-0.39, 0.29) is 5.91 Å². The van der Waals surface area contributed by atoms with Crippen LogP contribution in [-0.4, -0.2) is 25.0 Å². The van der Waals surface area contributed by atoms with Gasteiger partial charge in [-0.15, -0.1) is 0 Å². The minimum absolute atomic E-state index is 0.370. The lowest BCUT2D eigenvalue weighted by molar-refractivity contribution is -0.120. The zero-order chi connectivity index (χ0) is 13.7. The second-order valence-corrected chi connectivity index (χ2v) is 5.06. The average molecular weight is 361 g/mol. The Hall–Kier alpha value is -1.31. The van der Waals surface area contributed by atoms with Crippen molar-refractivity contribution in [1.82, 2.24) is 10.6 Å². The minimum Gasteiger partial charge on any atom is -0.374 e. The molecule has 0 aliphatic carbocycles. The van der Waals surface area contributed by atoms with Crippen molar-refractivity contribution in [3.05, 3.63) is 27.3 Å². The summed E-state index contributed by atoms with van der Waals surface area (Å²) in [6, 6.07) is 4.85. The molecule has 3 N–H and O–H groups in total. The van der Waals surface area contributed by atoms with Gasteiger partial charge in [0, 0.05) is 16.3 Å². The van der Waals surface area contributed by atoms with Crippen LogP contribution < -0.4 is 16.0 Å². The van der Waals surface area contributed by atoms with E-state index in [0.29, 0.717) is 0 Å². The first-order valence-electron chi connectivity index (χ1n) is 5.49. The van der Waals surface area contributed by atoms with Gasteiger partial charge in [-0.3, -0.25) is 10.1 Å². The largest absolute Gasteiger partial charge is 0.374 e. The highest BCUT2D eigenvalue weighted by molar-refractivity contribution is 14.1. The standard InChI is InChI=1S/C12H16IN3O2/c1-7-4-5-9(6-10(7)13)15-8(2)11(17)16-12(18)14-3/h4-6,8,15H,1-3H3,(H2,14,16,17,18)/t8-/m0/s1. The molecule has 18 heavy (non-hydrogen) atoms. The van der Waals surface area contributed by atoms with Crippen LogP contribution in [0.15, 0.2) is 18.2 Å². The zero-order valence-electron chi connectivity index (χ0n) is 10.5. The number of rotatable bonds is 3. The van der Waals surface area contributed by atoms with Crippen molar-refractivity contribution >= 4 is 40.2 Å². The first-order chi connectivity index (χ1) is 8.43. The molecule has 1 atom stereocenters. The molecule has 1 rings (SSSR count). The van der Waals surface area contributed by atoms with Gasteiger partial charge in [0.1, 0.15) is 6.04 Å². The fourth-order valence-corrected chi connectivity index (χ4v) is 1.80. The summed E-state index contributed by atoms with van der Waals surface area (Å²) in [7, 11) is 1.46. The zero-order valence-corrected chi connectivity index (χ0v) is 12.7. The molecule has 0 unspecified atom stereocenters. The van der Waals surface area contributed by atoms with Gasteiger partial charge < -0.3 is 10.6 Å². The van der Waals surface area contributed by atoms with Gasteiger partial charge in [-0.2, -0.15) is 0 Å². The summed E-state index contributed by atoms with van der Waals surface area (Å²) in [5.74, 6) is -0.370. The predicted molar refractivity (Wildman–Crippen MR) is 79.6 cm³/mol. The number of nitrogens with one attached hydrogen (secondary N) is 3. The minimum atomic E-state index is -0.507. The first-order valence-corrected chi connectivity index (χ1v) is 6.57. The monoisotopic (exact) mass is 361 g/mol.